The molecule has 27 heavy (non-hydrogen) atoms. The number of nitrogens with one attached hydrogen (secondary N) is 1. The highest BCUT2D eigenvalue weighted by atomic mass is 16.6. The van der Waals surface area contributed by atoms with Gasteiger partial charge in [0.05, 0.1) is 22.8 Å². The predicted octanol–water partition coefficient (Wildman–Crippen LogP) is 2.42. The zero-order valence-electron chi connectivity index (χ0n) is 13.9. The highest BCUT2D eigenvalue weighted by Crippen LogP contribution is 2.28. The fourth-order valence-corrected chi connectivity index (χ4v) is 2.98. The first-order valence-electron chi connectivity index (χ1n) is 8.32. The van der Waals surface area contributed by atoms with Crippen LogP contribution in [0.25, 0.3) is 22.4 Å². The lowest BCUT2D eigenvalue weighted by atomic mass is 10.2. The molecule has 1 fully saturated rings. The molecule has 1 N–H and O–H groups in total. The van der Waals surface area contributed by atoms with Crippen molar-refractivity contribution in [1.82, 2.24) is 24.4 Å². The summed E-state index contributed by atoms with van der Waals surface area (Å²) in [5.41, 5.74) is 1.30. The third-order valence-corrected chi connectivity index (χ3v) is 4.49. The van der Waals surface area contributed by atoms with Gasteiger partial charge in [-0.1, -0.05) is 0 Å². The van der Waals surface area contributed by atoms with Crippen molar-refractivity contribution in [2.24, 2.45) is 0 Å². The molecule has 0 atom stereocenters. The van der Waals surface area contributed by atoms with Crippen molar-refractivity contribution < 1.29 is 4.92 Å². The Kier molecular flexibility index (Phi) is 3.11. The summed E-state index contributed by atoms with van der Waals surface area (Å²) in [4.78, 5) is 15.2. The lowest BCUT2D eigenvalue weighted by Crippen LogP contribution is -2.10. The molecule has 0 radical (unpaired) electrons. The average Bonchev–Trinajstić information content (AvgIpc) is 3.23. The van der Waals surface area contributed by atoms with Crippen molar-refractivity contribution in [3.05, 3.63) is 52.3 Å². The van der Waals surface area contributed by atoms with Gasteiger partial charge in [-0.15, -0.1) is 0 Å². The topological polar surface area (TPSA) is 127 Å². The lowest BCUT2D eigenvalue weighted by molar-refractivity contribution is -0.384. The summed E-state index contributed by atoms with van der Waals surface area (Å²) in [6.45, 7) is 0. The number of aromatic nitrogens is 5. The molecule has 1 aliphatic carbocycles. The Labute approximate surface area is 151 Å². The number of nitro groups is 1. The maximum Gasteiger partial charge on any atom is 0.271 e. The molecule has 1 saturated carbocycles. The van der Waals surface area contributed by atoms with Crippen LogP contribution in [0.15, 0.2) is 36.7 Å². The Morgan fingerprint density at radius 1 is 1.26 bits per heavy atom. The van der Waals surface area contributed by atoms with Gasteiger partial charge >= 0.3 is 0 Å². The molecular formula is C17H12N8O2. The van der Waals surface area contributed by atoms with E-state index in [1.807, 2.05) is 0 Å². The molecule has 0 unspecified atom stereocenters. The summed E-state index contributed by atoms with van der Waals surface area (Å²) >= 11 is 0. The van der Waals surface area contributed by atoms with Crippen LogP contribution in [0.1, 0.15) is 18.4 Å². The van der Waals surface area contributed by atoms with Gasteiger partial charge in [0.15, 0.2) is 11.5 Å². The number of non-ortho nitro benzene ring substituents is 1. The average molecular weight is 360 g/mol. The van der Waals surface area contributed by atoms with Gasteiger partial charge in [0.25, 0.3) is 5.69 Å². The number of anilines is 1. The summed E-state index contributed by atoms with van der Waals surface area (Å²) in [6.07, 6.45) is 5.24. The SMILES string of the molecule is N#Cc1cnn2c(NC3CC3)cc(-n3ncc4ccc([N+](=O)[O-])cc43)nc12. The zero-order chi connectivity index (χ0) is 18.5. The first-order valence-corrected chi connectivity index (χ1v) is 8.32. The monoisotopic (exact) mass is 360 g/mol. The normalized spacial score (nSPS) is 13.7. The Morgan fingerprint density at radius 2 is 2.11 bits per heavy atom. The van der Waals surface area contributed by atoms with Gasteiger partial charge in [0, 0.05) is 29.6 Å². The van der Waals surface area contributed by atoms with Gasteiger partial charge in [-0.2, -0.15) is 20.0 Å². The van der Waals surface area contributed by atoms with E-state index in [0.717, 1.165) is 18.2 Å². The number of nitro benzene ring substituents is 1. The van der Waals surface area contributed by atoms with Crippen LogP contribution in [0.5, 0.6) is 0 Å². The van der Waals surface area contributed by atoms with E-state index in [1.54, 1.807) is 22.8 Å². The zero-order valence-corrected chi connectivity index (χ0v) is 13.9. The van der Waals surface area contributed by atoms with Gasteiger partial charge in [-0.05, 0) is 18.9 Å². The maximum absolute atomic E-state index is 11.1. The Hall–Kier alpha value is -4.00. The molecule has 0 saturated heterocycles. The van der Waals surface area contributed by atoms with Gasteiger partial charge in [-0.25, -0.2) is 9.67 Å². The number of benzene rings is 1. The molecule has 0 amide bonds. The van der Waals surface area contributed by atoms with Crippen LogP contribution in [0.2, 0.25) is 0 Å². The smallest absolute Gasteiger partial charge is 0.271 e. The van der Waals surface area contributed by atoms with Crippen LogP contribution in [0.4, 0.5) is 11.5 Å². The molecule has 10 nitrogen and oxygen atoms in total. The second kappa shape index (κ2) is 5.50. The largest absolute Gasteiger partial charge is 0.367 e. The fraction of sp³-hybridized carbons (Fsp3) is 0.176. The fourth-order valence-electron chi connectivity index (χ4n) is 2.98. The molecule has 4 aromatic rings. The molecule has 5 rings (SSSR count). The van der Waals surface area contributed by atoms with E-state index in [0.29, 0.717) is 34.4 Å². The van der Waals surface area contributed by atoms with E-state index in [1.165, 1.54) is 23.0 Å². The Bertz CT molecular complexity index is 1260. The van der Waals surface area contributed by atoms with Crippen LogP contribution in [-0.4, -0.2) is 35.3 Å². The second-order valence-corrected chi connectivity index (χ2v) is 6.38. The molecule has 0 aliphatic heterocycles. The maximum atomic E-state index is 11.1. The number of fused-ring (bicyclic) bond motifs is 2. The summed E-state index contributed by atoms with van der Waals surface area (Å²) < 4.78 is 3.13. The molecule has 10 heteroatoms. The highest BCUT2D eigenvalue weighted by molar-refractivity contribution is 5.82. The minimum atomic E-state index is -0.446. The van der Waals surface area contributed by atoms with Crippen LogP contribution < -0.4 is 5.32 Å². The number of hydrogen-bond donors (Lipinski definition) is 1. The predicted molar refractivity (Wildman–Crippen MR) is 95.6 cm³/mol. The molecule has 3 aromatic heterocycles. The number of hydrogen-bond acceptors (Lipinski definition) is 7. The van der Waals surface area contributed by atoms with Gasteiger partial charge < -0.3 is 5.32 Å². The minimum Gasteiger partial charge on any atom is -0.367 e. The van der Waals surface area contributed by atoms with Crippen LogP contribution in [-0.2, 0) is 0 Å². The van der Waals surface area contributed by atoms with Gasteiger partial charge in [0.2, 0.25) is 0 Å². The van der Waals surface area contributed by atoms with Crippen LogP contribution >= 0.6 is 0 Å². The Morgan fingerprint density at radius 3 is 2.85 bits per heavy atom. The highest BCUT2D eigenvalue weighted by Gasteiger charge is 2.24. The van der Waals surface area contributed by atoms with Crippen molar-refractivity contribution in [2.45, 2.75) is 18.9 Å². The van der Waals surface area contributed by atoms with E-state index in [-0.39, 0.29) is 5.69 Å². The van der Waals surface area contributed by atoms with E-state index in [2.05, 4.69) is 26.6 Å². The molecule has 0 bridgehead atoms. The van der Waals surface area contributed by atoms with Crippen LogP contribution in [0, 0.1) is 21.4 Å². The van der Waals surface area contributed by atoms with Crippen molar-refractivity contribution in [3.63, 3.8) is 0 Å². The summed E-state index contributed by atoms with van der Waals surface area (Å²) in [6, 6.07) is 8.79. The summed E-state index contributed by atoms with van der Waals surface area (Å²) in [7, 11) is 0. The Balaban J connectivity index is 1.74. The third-order valence-electron chi connectivity index (χ3n) is 4.49. The van der Waals surface area contributed by atoms with Crippen molar-refractivity contribution >= 4 is 28.1 Å². The quantitative estimate of drug-likeness (QED) is 0.437. The van der Waals surface area contributed by atoms with Gasteiger partial charge in [-0.3, -0.25) is 10.1 Å². The molecule has 132 valence electrons. The number of nitriles is 1. The first-order chi connectivity index (χ1) is 13.1. The van der Waals surface area contributed by atoms with E-state index >= 15 is 0 Å². The number of nitrogens with zero attached hydrogens (tertiary/aromatic N) is 7. The van der Waals surface area contributed by atoms with Crippen molar-refractivity contribution in [3.8, 4) is 11.9 Å². The third kappa shape index (κ3) is 2.44. The van der Waals surface area contributed by atoms with Crippen molar-refractivity contribution in [1.29, 1.82) is 5.26 Å². The van der Waals surface area contributed by atoms with Crippen LogP contribution in [0.3, 0.4) is 0 Å². The molecule has 0 spiro atoms. The minimum absolute atomic E-state index is 0.0243. The van der Waals surface area contributed by atoms with E-state index in [4.69, 9.17) is 0 Å². The number of rotatable bonds is 4. The van der Waals surface area contributed by atoms with E-state index in [9.17, 15) is 15.4 Å². The lowest BCUT2D eigenvalue weighted by Gasteiger charge is -2.10. The van der Waals surface area contributed by atoms with E-state index < -0.39 is 4.92 Å². The first kappa shape index (κ1) is 15.3. The second-order valence-electron chi connectivity index (χ2n) is 6.38. The molecular weight excluding hydrogens is 348 g/mol. The summed E-state index contributed by atoms with van der Waals surface area (Å²) in [5, 5.41) is 33.2. The summed E-state index contributed by atoms with van der Waals surface area (Å²) in [5.74, 6) is 1.16. The van der Waals surface area contributed by atoms with Crippen molar-refractivity contribution in [2.75, 3.05) is 5.32 Å². The molecule has 3 heterocycles. The molecule has 1 aromatic carbocycles. The molecule has 1 aliphatic rings. The standard InChI is InChI=1S/C17H12N8O2/c18-7-11-9-20-24-15(21-12-2-3-12)6-16(22-17(11)24)23-14-5-13(25(26)27)4-1-10(14)8-19-23/h1,4-6,8-9,12,21H,2-3H2. The van der Waals surface area contributed by atoms with Gasteiger partial charge in [0.1, 0.15) is 17.5 Å².